The van der Waals surface area contributed by atoms with Gasteiger partial charge in [0.1, 0.15) is 0 Å². The molecule has 0 aliphatic heterocycles. The van der Waals surface area contributed by atoms with Crippen molar-refractivity contribution >= 4 is 5.91 Å². The Balaban J connectivity index is 2.55. The fourth-order valence-corrected chi connectivity index (χ4v) is 1.26. The molecule has 0 saturated carbocycles. The number of nitrogens with zero attached hydrogens (tertiary/aromatic N) is 1. The number of hydrogen-bond acceptors (Lipinski definition) is 2. The molecule has 0 aromatic heterocycles. The van der Waals surface area contributed by atoms with Crippen LogP contribution in [0.3, 0.4) is 0 Å². The summed E-state index contributed by atoms with van der Waals surface area (Å²) in [4.78, 5) is 11.5. The van der Waals surface area contributed by atoms with Crippen molar-refractivity contribution in [3.63, 3.8) is 0 Å². The molecule has 96 valence electrons. The van der Waals surface area contributed by atoms with Crippen LogP contribution in [-0.4, -0.2) is 12.5 Å². The molecule has 0 aliphatic rings. The van der Waals surface area contributed by atoms with Crippen molar-refractivity contribution < 1.29 is 13.6 Å². The molecule has 0 saturated heterocycles. The number of nitrogens with one attached hydrogen (secondary N) is 1. The van der Waals surface area contributed by atoms with E-state index in [1.807, 2.05) is 0 Å². The van der Waals surface area contributed by atoms with E-state index in [2.05, 4.69) is 11.4 Å². The van der Waals surface area contributed by atoms with E-state index in [0.717, 1.165) is 12.1 Å². The molecule has 18 heavy (non-hydrogen) atoms. The van der Waals surface area contributed by atoms with Crippen molar-refractivity contribution in [1.29, 1.82) is 5.26 Å². The van der Waals surface area contributed by atoms with Gasteiger partial charge >= 0.3 is 0 Å². The average molecular weight is 252 g/mol. The van der Waals surface area contributed by atoms with Gasteiger partial charge in [-0.25, -0.2) is 8.78 Å². The molecule has 1 aromatic rings. The largest absolute Gasteiger partial charge is 0.354 e. The second kappa shape index (κ2) is 5.58. The molecule has 3 nitrogen and oxygen atoms in total. The van der Waals surface area contributed by atoms with Crippen LogP contribution in [-0.2, 0) is 11.2 Å². The third-order valence-corrected chi connectivity index (χ3v) is 2.38. The number of carbonyl (C=O) groups excluding carboxylic acids is 1. The van der Waals surface area contributed by atoms with E-state index in [-0.39, 0.29) is 18.9 Å². The van der Waals surface area contributed by atoms with Crippen LogP contribution >= 0.6 is 0 Å². The molecule has 0 bridgehead atoms. The van der Waals surface area contributed by atoms with Crippen LogP contribution in [0.1, 0.15) is 19.4 Å². The summed E-state index contributed by atoms with van der Waals surface area (Å²) in [7, 11) is 0. The highest BCUT2D eigenvalue weighted by Crippen LogP contribution is 2.12. The Kier molecular flexibility index (Phi) is 4.38. The zero-order valence-electron chi connectivity index (χ0n) is 10.3. The molecule has 1 N–H and O–H groups in total. The lowest BCUT2D eigenvalue weighted by atomic mass is 9.96. The fraction of sp³-hybridized carbons (Fsp3) is 0.385. The number of nitriles is 1. The number of halogens is 2. The minimum absolute atomic E-state index is 0.0429. The van der Waals surface area contributed by atoms with Crippen molar-refractivity contribution in [2.75, 3.05) is 6.54 Å². The molecule has 5 heteroatoms. The minimum Gasteiger partial charge on any atom is -0.354 e. The van der Waals surface area contributed by atoms with Crippen LogP contribution in [0, 0.1) is 28.4 Å². The summed E-state index contributed by atoms with van der Waals surface area (Å²) in [5.74, 6) is -2.24. The summed E-state index contributed by atoms with van der Waals surface area (Å²) < 4.78 is 25.6. The number of rotatable bonds is 4. The standard InChI is InChI=1S/C13H14F2N2O/c1-13(2,7-16)8-17-12(18)6-9-3-4-10(14)11(15)5-9/h3-5H,6,8H2,1-2H3,(H,17,18). The molecule has 0 atom stereocenters. The first-order valence-electron chi connectivity index (χ1n) is 5.46. The van der Waals surface area contributed by atoms with Gasteiger partial charge in [0, 0.05) is 6.54 Å². The molecule has 1 amide bonds. The van der Waals surface area contributed by atoms with Crippen molar-refractivity contribution in [3.8, 4) is 6.07 Å². The highest BCUT2D eigenvalue weighted by atomic mass is 19.2. The highest BCUT2D eigenvalue weighted by Gasteiger charge is 2.17. The summed E-state index contributed by atoms with van der Waals surface area (Å²) in [5, 5.41) is 11.3. The first-order valence-corrected chi connectivity index (χ1v) is 5.46. The normalized spacial score (nSPS) is 10.8. The van der Waals surface area contributed by atoms with Gasteiger partial charge in [-0.05, 0) is 31.5 Å². The first-order chi connectivity index (χ1) is 8.34. The van der Waals surface area contributed by atoms with Gasteiger partial charge in [-0.2, -0.15) is 5.26 Å². The summed E-state index contributed by atoms with van der Waals surface area (Å²) in [6, 6.07) is 5.38. The molecule has 1 aromatic carbocycles. The Morgan fingerprint density at radius 3 is 2.61 bits per heavy atom. The second-order valence-electron chi connectivity index (χ2n) is 4.70. The SMILES string of the molecule is CC(C)(C#N)CNC(=O)Cc1ccc(F)c(F)c1. The quantitative estimate of drug-likeness (QED) is 0.892. The van der Waals surface area contributed by atoms with Crippen molar-refractivity contribution in [1.82, 2.24) is 5.32 Å². The van der Waals surface area contributed by atoms with Crippen LogP contribution in [0.2, 0.25) is 0 Å². The van der Waals surface area contributed by atoms with Gasteiger partial charge in [0.25, 0.3) is 0 Å². The van der Waals surface area contributed by atoms with Gasteiger partial charge in [0.2, 0.25) is 5.91 Å². The van der Waals surface area contributed by atoms with Crippen molar-refractivity contribution in [3.05, 3.63) is 35.4 Å². The summed E-state index contributed by atoms with van der Waals surface area (Å²) >= 11 is 0. The fourth-order valence-electron chi connectivity index (χ4n) is 1.26. The molecule has 1 rings (SSSR count). The number of carbonyl (C=O) groups is 1. The zero-order chi connectivity index (χ0) is 13.8. The third kappa shape index (κ3) is 4.13. The molecule has 0 radical (unpaired) electrons. The molecule has 0 spiro atoms. The number of benzene rings is 1. The molecule has 0 unspecified atom stereocenters. The molecule has 0 heterocycles. The monoisotopic (exact) mass is 252 g/mol. The van der Waals surface area contributed by atoms with E-state index in [0.29, 0.717) is 5.56 Å². The van der Waals surface area contributed by atoms with E-state index in [1.54, 1.807) is 13.8 Å². The van der Waals surface area contributed by atoms with Crippen LogP contribution in [0.25, 0.3) is 0 Å². The van der Waals surface area contributed by atoms with Crippen molar-refractivity contribution in [2.45, 2.75) is 20.3 Å². The molecule has 0 aliphatic carbocycles. The second-order valence-corrected chi connectivity index (χ2v) is 4.70. The molecular formula is C13H14F2N2O. The van der Waals surface area contributed by atoms with Crippen molar-refractivity contribution in [2.24, 2.45) is 5.41 Å². The van der Waals surface area contributed by atoms with E-state index < -0.39 is 17.0 Å². The maximum atomic E-state index is 12.9. The third-order valence-electron chi connectivity index (χ3n) is 2.38. The Labute approximate surface area is 104 Å². The Bertz CT molecular complexity index is 492. The van der Waals surface area contributed by atoms with E-state index in [4.69, 9.17) is 5.26 Å². The maximum absolute atomic E-state index is 12.9. The van der Waals surface area contributed by atoms with Gasteiger partial charge < -0.3 is 5.32 Å². The van der Waals surface area contributed by atoms with E-state index in [1.165, 1.54) is 6.07 Å². The Morgan fingerprint density at radius 2 is 2.06 bits per heavy atom. The molecular weight excluding hydrogens is 238 g/mol. The van der Waals surface area contributed by atoms with E-state index >= 15 is 0 Å². The lowest BCUT2D eigenvalue weighted by molar-refractivity contribution is -0.120. The zero-order valence-corrected chi connectivity index (χ0v) is 10.3. The maximum Gasteiger partial charge on any atom is 0.224 e. The Hall–Kier alpha value is -1.96. The van der Waals surface area contributed by atoms with Gasteiger partial charge in [-0.15, -0.1) is 0 Å². The summed E-state index contributed by atoms with van der Waals surface area (Å²) in [6.07, 6.45) is -0.0429. The Morgan fingerprint density at radius 1 is 1.39 bits per heavy atom. The van der Waals surface area contributed by atoms with Crippen LogP contribution in [0.4, 0.5) is 8.78 Å². The minimum atomic E-state index is -0.974. The van der Waals surface area contributed by atoms with Gasteiger partial charge in [-0.3, -0.25) is 4.79 Å². The first kappa shape index (κ1) is 14.1. The van der Waals surface area contributed by atoms with E-state index in [9.17, 15) is 13.6 Å². The molecule has 0 fully saturated rings. The lowest BCUT2D eigenvalue weighted by Crippen LogP contribution is -2.34. The predicted octanol–water partition coefficient (Wildman–Crippen LogP) is 2.17. The smallest absolute Gasteiger partial charge is 0.224 e. The van der Waals surface area contributed by atoms with Gasteiger partial charge in [0.15, 0.2) is 11.6 Å². The number of hydrogen-bond donors (Lipinski definition) is 1. The summed E-state index contributed by atoms with van der Waals surface area (Å²) in [5.41, 5.74) is -0.259. The highest BCUT2D eigenvalue weighted by molar-refractivity contribution is 5.78. The van der Waals surface area contributed by atoms with Gasteiger partial charge in [0.05, 0.1) is 17.9 Å². The van der Waals surface area contributed by atoms with Crippen LogP contribution in [0.15, 0.2) is 18.2 Å². The van der Waals surface area contributed by atoms with Crippen LogP contribution in [0.5, 0.6) is 0 Å². The number of amides is 1. The average Bonchev–Trinajstić information content (AvgIpc) is 2.32. The van der Waals surface area contributed by atoms with Gasteiger partial charge in [-0.1, -0.05) is 6.07 Å². The predicted molar refractivity (Wildman–Crippen MR) is 62.5 cm³/mol. The topological polar surface area (TPSA) is 52.9 Å². The lowest BCUT2D eigenvalue weighted by Gasteiger charge is -2.15. The van der Waals surface area contributed by atoms with Crippen LogP contribution < -0.4 is 5.32 Å². The summed E-state index contributed by atoms with van der Waals surface area (Å²) in [6.45, 7) is 3.61.